The maximum absolute atomic E-state index is 13.7. The van der Waals surface area contributed by atoms with Gasteiger partial charge in [0.15, 0.2) is 0 Å². The Balaban J connectivity index is 1.72. The van der Waals surface area contributed by atoms with Crippen molar-refractivity contribution in [1.29, 1.82) is 0 Å². The highest BCUT2D eigenvalue weighted by atomic mass is 19.1. The van der Waals surface area contributed by atoms with Crippen LogP contribution >= 0.6 is 0 Å². The fraction of sp³-hybridized carbons (Fsp3) is 0.421. The molecule has 1 aromatic heterocycles. The lowest BCUT2D eigenvalue weighted by atomic mass is 10.1. The van der Waals surface area contributed by atoms with Gasteiger partial charge in [-0.15, -0.1) is 0 Å². The molecule has 0 radical (unpaired) electrons. The first-order chi connectivity index (χ1) is 12.0. The molecule has 0 fully saturated rings. The van der Waals surface area contributed by atoms with Crippen molar-refractivity contribution >= 4 is 5.91 Å². The van der Waals surface area contributed by atoms with Gasteiger partial charge in [0.05, 0.1) is 17.8 Å². The van der Waals surface area contributed by atoms with Gasteiger partial charge in [0.25, 0.3) is 11.5 Å². The number of fused-ring (bicyclic) bond motifs is 1. The van der Waals surface area contributed by atoms with Gasteiger partial charge in [-0.05, 0) is 50.3 Å². The zero-order valence-corrected chi connectivity index (χ0v) is 14.3. The quantitative estimate of drug-likeness (QED) is 0.868. The van der Waals surface area contributed by atoms with Gasteiger partial charge in [-0.2, -0.15) is 5.10 Å². The molecule has 1 amide bonds. The number of carbonyl (C=O) groups excluding carboxylic acids is 1. The minimum Gasteiger partial charge on any atom is -0.348 e. The normalized spacial score (nSPS) is 15.1. The van der Waals surface area contributed by atoms with Gasteiger partial charge in [0.1, 0.15) is 5.82 Å². The van der Waals surface area contributed by atoms with Crippen molar-refractivity contribution in [2.75, 3.05) is 0 Å². The summed E-state index contributed by atoms with van der Waals surface area (Å²) in [5.41, 5.74) is 1.86. The van der Waals surface area contributed by atoms with Gasteiger partial charge in [-0.3, -0.25) is 9.59 Å². The van der Waals surface area contributed by atoms with Crippen LogP contribution in [0.25, 0.3) is 0 Å². The molecule has 0 spiro atoms. The average molecular weight is 343 g/mol. The van der Waals surface area contributed by atoms with Gasteiger partial charge in [-0.1, -0.05) is 18.6 Å². The Morgan fingerprint density at radius 3 is 2.84 bits per heavy atom. The number of nitrogens with zero attached hydrogens (tertiary/aromatic N) is 2. The summed E-state index contributed by atoms with van der Waals surface area (Å²) in [4.78, 5) is 24.4. The number of aromatic nitrogens is 2. The van der Waals surface area contributed by atoms with Crippen LogP contribution in [-0.4, -0.2) is 21.7 Å². The van der Waals surface area contributed by atoms with E-state index in [9.17, 15) is 14.0 Å². The maximum atomic E-state index is 13.7. The zero-order chi connectivity index (χ0) is 17.8. The van der Waals surface area contributed by atoms with Crippen LogP contribution in [0.3, 0.4) is 0 Å². The van der Waals surface area contributed by atoms with Gasteiger partial charge in [0, 0.05) is 12.1 Å². The SMILES string of the molecule is C[C@H](Cn1nc2c(cc1=O)CCCCC2)NC(=O)c1ccccc1F. The van der Waals surface area contributed by atoms with Crippen molar-refractivity contribution in [1.82, 2.24) is 15.1 Å². The molecule has 2 aromatic rings. The molecule has 1 aliphatic rings. The molecule has 0 aliphatic heterocycles. The second-order valence-electron chi connectivity index (χ2n) is 6.55. The first kappa shape index (κ1) is 17.3. The lowest BCUT2D eigenvalue weighted by Crippen LogP contribution is -2.39. The van der Waals surface area contributed by atoms with E-state index in [0.717, 1.165) is 43.4 Å². The molecule has 5 nitrogen and oxygen atoms in total. The second-order valence-corrected chi connectivity index (χ2v) is 6.55. The Morgan fingerprint density at radius 1 is 1.28 bits per heavy atom. The van der Waals surface area contributed by atoms with Crippen molar-refractivity contribution in [2.24, 2.45) is 0 Å². The van der Waals surface area contributed by atoms with Crippen molar-refractivity contribution in [3.63, 3.8) is 0 Å². The predicted octanol–water partition coefficient (Wildman–Crippen LogP) is 2.47. The fourth-order valence-corrected chi connectivity index (χ4v) is 3.16. The molecule has 6 heteroatoms. The molecule has 25 heavy (non-hydrogen) atoms. The van der Waals surface area contributed by atoms with Crippen LogP contribution in [0.2, 0.25) is 0 Å². The minimum atomic E-state index is -0.562. The van der Waals surface area contributed by atoms with E-state index in [0.29, 0.717) is 0 Å². The van der Waals surface area contributed by atoms with E-state index in [1.165, 1.54) is 22.9 Å². The Hall–Kier alpha value is -2.50. The number of carbonyl (C=O) groups is 1. The molecule has 0 unspecified atom stereocenters. The van der Waals surface area contributed by atoms with Gasteiger partial charge >= 0.3 is 0 Å². The molecule has 1 aromatic carbocycles. The Morgan fingerprint density at radius 2 is 2.04 bits per heavy atom. The van der Waals surface area contributed by atoms with Crippen LogP contribution in [0.1, 0.15) is 47.8 Å². The lowest BCUT2D eigenvalue weighted by molar-refractivity contribution is 0.0931. The first-order valence-corrected chi connectivity index (χ1v) is 8.70. The van der Waals surface area contributed by atoms with E-state index in [4.69, 9.17) is 0 Å². The highest BCUT2D eigenvalue weighted by Crippen LogP contribution is 2.16. The van der Waals surface area contributed by atoms with Gasteiger partial charge < -0.3 is 5.32 Å². The lowest BCUT2D eigenvalue weighted by Gasteiger charge is -2.16. The summed E-state index contributed by atoms with van der Waals surface area (Å²) in [5, 5.41) is 7.22. The van der Waals surface area contributed by atoms with E-state index in [-0.39, 0.29) is 23.7 Å². The smallest absolute Gasteiger partial charge is 0.267 e. The van der Waals surface area contributed by atoms with Crippen molar-refractivity contribution in [2.45, 2.75) is 51.6 Å². The third kappa shape index (κ3) is 4.13. The molecule has 1 aliphatic carbocycles. The molecular weight excluding hydrogens is 321 g/mol. The third-order valence-electron chi connectivity index (χ3n) is 4.47. The molecule has 1 atom stereocenters. The molecule has 3 rings (SSSR count). The topological polar surface area (TPSA) is 64.0 Å². The number of hydrogen-bond acceptors (Lipinski definition) is 3. The van der Waals surface area contributed by atoms with Crippen LogP contribution in [0.5, 0.6) is 0 Å². The summed E-state index contributed by atoms with van der Waals surface area (Å²) in [7, 11) is 0. The summed E-state index contributed by atoms with van der Waals surface area (Å²) in [6, 6.07) is 7.15. The van der Waals surface area contributed by atoms with Crippen LogP contribution in [0.4, 0.5) is 4.39 Å². The highest BCUT2D eigenvalue weighted by molar-refractivity contribution is 5.94. The summed E-state index contributed by atoms with van der Waals surface area (Å²) < 4.78 is 15.1. The van der Waals surface area contributed by atoms with Crippen LogP contribution < -0.4 is 10.9 Å². The van der Waals surface area contributed by atoms with Gasteiger partial charge in [0.2, 0.25) is 0 Å². The summed E-state index contributed by atoms with van der Waals surface area (Å²) in [6.45, 7) is 2.03. The largest absolute Gasteiger partial charge is 0.348 e. The number of aryl methyl sites for hydroxylation is 2. The number of halogens is 1. The summed E-state index contributed by atoms with van der Waals surface area (Å²) >= 11 is 0. The monoisotopic (exact) mass is 343 g/mol. The average Bonchev–Trinajstić information content (AvgIpc) is 2.80. The maximum Gasteiger partial charge on any atom is 0.267 e. The summed E-state index contributed by atoms with van der Waals surface area (Å²) in [6.07, 6.45) is 5.11. The Labute approximate surface area is 145 Å². The van der Waals surface area contributed by atoms with Crippen LogP contribution in [0.15, 0.2) is 35.1 Å². The molecule has 132 valence electrons. The molecule has 0 saturated heterocycles. The third-order valence-corrected chi connectivity index (χ3v) is 4.47. The number of benzene rings is 1. The Bertz CT molecular complexity index is 832. The predicted molar refractivity (Wildman–Crippen MR) is 93.1 cm³/mol. The summed E-state index contributed by atoms with van der Waals surface area (Å²) in [5.74, 6) is -1.05. The van der Waals surface area contributed by atoms with E-state index in [2.05, 4.69) is 10.4 Å². The van der Waals surface area contributed by atoms with E-state index < -0.39 is 11.7 Å². The first-order valence-electron chi connectivity index (χ1n) is 8.70. The number of rotatable bonds is 4. The Kier molecular flexibility index (Phi) is 5.26. The van der Waals surface area contributed by atoms with Crippen molar-refractivity contribution in [3.05, 3.63) is 63.3 Å². The van der Waals surface area contributed by atoms with E-state index in [1.54, 1.807) is 19.1 Å². The zero-order valence-electron chi connectivity index (χ0n) is 14.3. The fourth-order valence-electron chi connectivity index (χ4n) is 3.16. The molecule has 0 saturated carbocycles. The number of amides is 1. The van der Waals surface area contributed by atoms with Crippen molar-refractivity contribution < 1.29 is 9.18 Å². The number of hydrogen-bond donors (Lipinski definition) is 1. The molecule has 1 heterocycles. The minimum absolute atomic E-state index is 0.00316. The second kappa shape index (κ2) is 7.59. The number of nitrogens with one attached hydrogen (secondary N) is 1. The molecule has 1 N–H and O–H groups in total. The highest BCUT2D eigenvalue weighted by Gasteiger charge is 2.16. The van der Waals surface area contributed by atoms with E-state index >= 15 is 0 Å². The van der Waals surface area contributed by atoms with Crippen molar-refractivity contribution in [3.8, 4) is 0 Å². The van der Waals surface area contributed by atoms with Crippen LogP contribution in [-0.2, 0) is 19.4 Å². The standard InChI is InChI=1S/C19H22FN3O2/c1-13(21-19(25)15-8-5-6-9-16(15)20)12-23-18(24)11-14-7-3-2-4-10-17(14)22-23/h5-6,8-9,11,13H,2-4,7,10,12H2,1H3,(H,21,25)/t13-/m1/s1. The molecule has 0 bridgehead atoms. The van der Waals surface area contributed by atoms with Gasteiger partial charge in [-0.25, -0.2) is 9.07 Å². The van der Waals surface area contributed by atoms with E-state index in [1.807, 2.05) is 0 Å². The molecular formula is C19H22FN3O2. The van der Waals surface area contributed by atoms with Crippen LogP contribution in [0, 0.1) is 5.82 Å².